The number of hydrogen-bond donors (Lipinski definition) is 1. The quantitative estimate of drug-likeness (QED) is 0.830. The maximum atomic E-state index is 12.9. The fourth-order valence-corrected chi connectivity index (χ4v) is 1.91. The van der Waals surface area contributed by atoms with Gasteiger partial charge in [-0.15, -0.1) is 12.4 Å². The van der Waals surface area contributed by atoms with Gasteiger partial charge >= 0.3 is 0 Å². The molecule has 0 aliphatic carbocycles. The molecule has 0 spiro atoms. The number of carbonyl (C=O) groups is 1. The van der Waals surface area contributed by atoms with Crippen LogP contribution >= 0.6 is 12.4 Å². The van der Waals surface area contributed by atoms with Crippen LogP contribution in [0.15, 0.2) is 18.2 Å². The van der Waals surface area contributed by atoms with Crippen LogP contribution in [0.2, 0.25) is 0 Å². The molecule has 17 heavy (non-hydrogen) atoms. The lowest BCUT2D eigenvalue weighted by molar-refractivity contribution is 0.0735. The van der Waals surface area contributed by atoms with Crippen LogP contribution in [0, 0.1) is 12.7 Å². The van der Waals surface area contributed by atoms with E-state index in [0.717, 1.165) is 26.2 Å². The summed E-state index contributed by atoms with van der Waals surface area (Å²) >= 11 is 0. The second-order valence-electron chi connectivity index (χ2n) is 4.00. The van der Waals surface area contributed by atoms with E-state index in [1.54, 1.807) is 17.9 Å². The van der Waals surface area contributed by atoms with E-state index < -0.39 is 0 Å². The first kappa shape index (κ1) is 13.9. The van der Waals surface area contributed by atoms with E-state index >= 15 is 0 Å². The topological polar surface area (TPSA) is 32.3 Å². The molecule has 1 N–H and O–H groups in total. The number of halogens is 2. The number of rotatable bonds is 1. The standard InChI is InChI=1S/C12H15FN2O.ClH/c1-9-8-10(13)2-3-11(9)12(16)15-6-4-14-5-7-15;/h2-3,8,14H,4-7H2,1H3;1H. The van der Waals surface area contributed by atoms with Gasteiger partial charge in [-0.25, -0.2) is 4.39 Å². The Bertz CT molecular complexity index is 405. The predicted molar refractivity (Wildman–Crippen MR) is 67.2 cm³/mol. The molecule has 0 aromatic heterocycles. The molecule has 3 nitrogen and oxygen atoms in total. The molecule has 1 aliphatic heterocycles. The first-order valence-corrected chi connectivity index (χ1v) is 5.44. The summed E-state index contributed by atoms with van der Waals surface area (Å²) in [5.74, 6) is -0.298. The average molecular weight is 259 g/mol. The van der Waals surface area contributed by atoms with Crippen LogP contribution < -0.4 is 5.32 Å². The summed E-state index contributed by atoms with van der Waals surface area (Å²) in [4.78, 5) is 13.9. The Kier molecular flexibility index (Phi) is 4.90. The molecule has 94 valence electrons. The molecule has 2 rings (SSSR count). The Hall–Kier alpha value is -1.13. The molecule has 1 heterocycles. The SMILES string of the molecule is Cc1cc(F)ccc1C(=O)N1CCNCC1.Cl. The van der Waals surface area contributed by atoms with Crippen molar-refractivity contribution >= 4 is 18.3 Å². The third-order valence-corrected chi connectivity index (χ3v) is 2.82. The second-order valence-corrected chi connectivity index (χ2v) is 4.00. The Morgan fingerprint density at radius 3 is 2.59 bits per heavy atom. The van der Waals surface area contributed by atoms with Gasteiger partial charge in [-0.1, -0.05) is 0 Å². The third-order valence-electron chi connectivity index (χ3n) is 2.82. The second kappa shape index (κ2) is 5.98. The highest BCUT2D eigenvalue weighted by molar-refractivity contribution is 5.95. The molecule has 1 aromatic rings. The summed E-state index contributed by atoms with van der Waals surface area (Å²) in [6.07, 6.45) is 0. The summed E-state index contributed by atoms with van der Waals surface area (Å²) in [7, 11) is 0. The smallest absolute Gasteiger partial charge is 0.254 e. The molecule has 0 unspecified atom stereocenters. The zero-order chi connectivity index (χ0) is 11.5. The lowest BCUT2D eigenvalue weighted by Gasteiger charge is -2.27. The molecule has 1 aromatic carbocycles. The predicted octanol–water partition coefficient (Wildman–Crippen LogP) is 1.60. The number of aryl methyl sites for hydroxylation is 1. The Morgan fingerprint density at radius 1 is 1.35 bits per heavy atom. The molecule has 0 atom stereocenters. The van der Waals surface area contributed by atoms with Crippen molar-refractivity contribution in [2.45, 2.75) is 6.92 Å². The van der Waals surface area contributed by atoms with Gasteiger partial charge in [0, 0.05) is 31.7 Å². The fraction of sp³-hybridized carbons (Fsp3) is 0.417. The van der Waals surface area contributed by atoms with Gasteiger partial charge in [-0.05, 0) is 30.7 Å². The van der Waals surface area contributed by atoms with Crippen molar-refractivity contribution in [3.05, 3.63) is 35.1 Å². The summed E-state index contributed by atoms with van der Waals surface area (Å²) in [5.41, 5.74) is 1.30. The summed E-state index contributed by atoms with van der Waals surface area (Å²) < 4.78 is 12.9. The Labute approximate surface area is 106 Å². The number of carbonyl (C=O) groups excluding carboxylic acids is 1. The number of benzene rings is 1. The van der Waals surface area contributed by atoms with E-state index in [2.05, 4.69) is 5.32 Å². The van der Waals surface area contributed by atoms with Crippen LogP contribution in [0.25, 0.3) is 0 Å². The molecule has 1 fully saturated rings. The minimum Gasteiger partial charge on any atom is -0.336 e. The fourth-order valence-electron chi connectivity index (χ4n) is 1.91. The van der Waals surface area contributed by atoms with Crippen molar-refractivity contribution in [1.29, 1.82) is 0 Å². The minimum absolute atomic E-state index is 0. The van der Waals surface area contributed by atoms with E-state index in [9.17, 15) is 9.18 Å². The lowest BCUT2D eigenvalue weighted by Crippen LogP contribution is -2.46. The first-order valence-electron chi connectivity index (χ1n) is 5.44. The zero-order valence-electron chi connectivity index (χ0n) is 9.70. The molecule has 1 aliphatic rings. The molecule has 1 amide bonds. The highest BCUT2D eigenvalue weighted by Crippen LogP contribution is 2.13. The van der Waals surface area contributed by atoms with Crippen molar-refractivity contribution in [3.63, 3.8) is 0 Å². The molecular formula is C12H16ClFN2O. The van der Waals surface area contributed by atoms with Crippen LogP contribution in [-0.4, -0.2) is 37.0 Å². The third kappa shape index (κ3) is 3.17. The van der Waals surface area contributed by atoms with Crippen LogP contribution in [-0.2, 0) is 0 Å². The number of nitrogens with zero attached hydrogens (tertiary/aromatic N) is 1. The minimum atomic E-state index is -0.297. The summed E-state index contributed by atoms with van der Waals surface area (Å²) in [5, 5.41) is 3.19. The van der Waals surface area contributed by atoms with Crippen molar-refractivity contribution < 1.29 is 9.18 Å². The molecule has 0 bridgehead atoms. The lowest BCUT2D eigenvalue weighted by atomic mass is 10.1. The average Bonchev–Trinajstić information content (AvgIpc) is 2.29. The van der Waals surface area contributed by atoms with E-state index in [4.69, 9.17) is 0 Å². The van der Waals surface area contributed by atoms with E-state index in [1.807, 2.05) is 0 Å². The van der Waals surface area contributed by atoms with Gasteiger partial charge < -0.3 is 10.2 Å². The van der Waals surface area contributed by atoms with Crippen LogP contribution in [0.1, 0.15) is 15.9 Å². The highest BCUT2D eigenvalue weighted by Gasteiger charge is 2.19. The van der Waals surface area contributed by atoms with Crippen molar-refractivity contribution in [3.8, 4) is 0 Å². The number of hydrogen-bond acceptors (Lipinski definition) is 2. The Balaban J connectivity index is 0.00000144. The van der Waals surface area contributed by atoms with E-state index in [-0.39, 0.29) is 24.1 Å². The van der Waals surface area contributed by atoms with Gasteiger partial charge in [0.15, 0.2) is 0 Å². The molecular weight excluding hydrogens is 243 g/mol. The number of amides is 1. The monoisotopic (exact) mass is 258 g/mol. The molecule has 0 saturated carbocycles. The molecule has 5 heteroatoms. The van der Waals surface area contributed by atoms with E-state index in [0.29, 0.717) is 11.1 Å². The van der Waals surface area contributed by atoms with Gasteiger partial charge in [-0.3, -0.25) is 4.79 Å². The first-order chi connectivity index (χ1) is 7.68. The van der Waals surface area contributed by atoms with Crippen molar-refractivity contribution in [2.24, 2.45) is 0 Å². The molecule has 0 radical (unpaired) electrons. The van der Waals surface area contributed by atoms with Crippen LogP contribution in [0.3, 0.4) is 0 Å². The van der Waals surface area contributed by atoms with Gasteiger partial charge in [0.25, 0.3) is 5.91 Å². The van der Waals surface area contributed by atoms with Gasteiger partial charge in [0.1, 0.15) is 5.82 Å². The van der Waals surface area contributed by atoms with Crippen LogP contribution in [0.4, 0.5) is 4.39 Å². The molecule has 1 saturated heterocycles. The van der Waals surface area contributed by atoms with Crippen molar-refractivity contribution in [1.82, 2.24) is 10.2 Å². The number of piperazine rings is 1. The summed E-state index contributed by atoms with van der Waals surface area (Å²) in [6.45, 7) is 4.85. The van der Waals surface area contributed by atoms with Crippen LogP contribution in [0.5, 0.6) is 0 Å². The largest absolute Gasteiger partial charge is 0.336 e. The maximum absolute atomic E-state index is 12.9. The van der Waals surface area contributed by atoms with Gasteiger partial charge in [-0.2, -0.15) is 0 Å². The van der Waals surface area contributed by atoms with Gasteiger partial charge in [0.2, 0.25) is 0 Å². The van der Waals surface area contributed by atoms with Gasteiger partial charge in [0.05, 0.1) is 0 Å². The normalized spacial score (nSPS) is 15.3. The zero-order valence-corrected chi connectivity index (χ0v) is 10.5. The number of nitrogens with one attached hydrogen (secondary N) is 1. The maximum Gasteiger partial charge on any atom is 0.254 e. The summed E-state index contributed by atoms with van der Waals surface area (Å²) in [6, 6.07) is 4.30. The van der Waals surface area contributed by atoms with E-state index in [1.165, 1.54) is 12.1 Å². The highest BCUT2D eigenvalue weighted by atomic mass is 35.5. The Morgan fingerprint density at radius 2 is 2.00 bits per heavy atom. The van der Waals surface area contributed by atoms with Crippen molar-refractivity contribution in [2.75, 3.05) is 26.2 Å².